The van der Waals surface area contributed by atoms with Crippen molar-refractivity contribution < 1.29 is 0 Å². The Bertz CT molecular complexity index is 513. The predicted octanol–water partition coefficient (Wildman–Crippen LogP) is 5.13. The van der Waals surface area contributed by atoms with Crippen molar-refractivity contribution in [1.29, 1.82) is 0 Å². The Kier molecular flexibility index (Phi) is 3.51. The van der Waals surface area contributed by atoms with E-state index in [0.29, 0.717) is 0 Å². The first-order valence-electron chi connectivity index (χ1n) is 3.69. The zero-order valence-electron chi connectivity index (χ0n) is 6.69. The van der Waals surface area contributed by atoms with E-state index in [1.807, 2.05) is 12.1 Å². The van der Waals surface area contributed by atoms with Gasteiger partial charge >= 0.3 is 0 Å². The molecule has 1 aromatic heterocycles. The van der Waals surface area contributed by atoms with Crippen molar-refractivity contribution in [2.24, 2.45) is 0 Å². The summed E-state index contributed by atoms with van der Waals surface area (Å²) in [5.74, 6) is 0. The van der Waals surface area contributed by atoms with Crippen molar-refractivity contribution >= 4 is 81.3 Å². The quantitative estimate of drug-likeness (QED) is 0.466. The zero-order valence-corrected chi connectivity index (χ0v) is 13.6. The summed E-state index contributed by atoms with van der Waals surface area (Å²) in [6.07, 6.45) is 1.81. The van der Waals surface area contributed by atoms with Crippen LogP contribution in [0, 0.1) is 3.57 Å². The summed E-state index contributed by atoms with van der Waals surface area (Å²) in [6, 6.07) is 4.07. The van der Waals surface area contributed by atoms with Crippen molar-refractivity contribution in [1.82, 2.24) is 4.98 Å². The minimum Gasteiger partial charge on any atom is -0.254 e. The van der Waals surface area contributed by atoms with Gasteiger partial charge in [0, 0.05) is 24.1 Å². The highest BCUT2D eigenvalue weighted by atomic mass is 127. The molecule has 0 saturated heterocycles. The van der Waals surface area contributed by atoms with Crippen LogP contribution in [0.25, 0.3) is 10.9 Å². The summed E-state index contributed by atoms with van der Waals surface area (Å²) in [5.41, 5.74) is 1.01. The summed E-state index contributed by atoms with van der Waals surface area (Å²) in [6.45, 7) is 0. The molecule has 0 aliphatic rings. The second-order valence-corrected chi connectivity index (χ2v) is 6.34. The first kappa shape index (κ1) is 11.3. The van der Waals surface area contributed by atoms with Crippen LogP contribution >= 0.6 is 70.4 Å². The van der Waals surface area contributed by atoms with Crippen LogP contribution in [0.15, 0.2) is 31.7 Å². The molecular weight excluding hydrogens is 489 g/mol. The number of halogens is 4. The molecule has 5 heteroatoms. The third kappa shape index (κ3) is 1.88. The van der Waals surface area contributed by atoms with Crippen LogP contribution in [0.3, 0.4) is 0 Å². The standard InChI is InChI=1S/C9H3Br3IN/c10-4-1-2-6(13)9-7(4)8(12)5(11)3-14-9/h1-3H. The Morgan fingerprint density at radius 1 is 1.07 bits per heavy atom. The van der Waals surface area contributed by atoms with Gasteiger partial charge in [-0.2, -0.15) is 0 Å². The Balaban J connectivity index is 3.01. The predicted molar refractivity (Wildman–Crippen MR) is 77.6 cm³/mol. The van der Waals surface area contributed by atoms with E-state index in [1.165, 1.54) is 0 Å². The molecule has 0 bridgehead atoms. The lowest BCUT2D eigenvalue weighted by Crippen LogP contribution is -1.86. The smallest absolute Gasteiger partial charge is 0.0858 e. The highest BCUT2D eigenvalue weighted by Gasteiger charge is 2.09. The van der Waals surface area contributed by atoms with Gasteiger partial charge in [-0.3, -0.25) is 4.98 Å². The summed E-state index contributed by atoms with van der Waals surface area (Å²) < 4.78 is 4.20. The molecule has 0 spiro atoms. The third-order valence-corrected chi connectivity index (χ3v) is 5.30. The van der Waals surface area contributed by atoms with E-state index in [2.05, 4.69) is 75.4 Å². The molecule has 0 unspecified atom stereocenters. The lowest BCUT2D eigenvalue weighted by atomic mass is 10.2. The Labute approximate surface area is 120 Å². The molecule has 0 radical (unpaired) electrons. The Morgan fingerprint density at radius 3 is 2.50 bits per heavy atom. The molecule has 0 atom stereocenters. The fraction of sp³-hybridized carbons (Fsp3) is 0. The number of pyridine rings is 1. The van der Waals surface area contributed by atoms with Crippen molar-refractivity contribution in [2.45, 2.75) is 0 Å². The molecule has 1 aromatic carbocycles. The van der Waals surface area contributed by atoms with E-state index in [9.17, 15) is 0 Å². The second kappa shape index (κ2) is 4.35. The molecule has 2 rings (SSSR count). The van der Waals surface area contributed by atoms with Gasteiger partial charge in [0.2, 0.25) is 0 Å². The molecule has 72 valence electrons. The van der Waals surface area contributed by atoms with Crippen LogP contribution in [-0.4, -0.2) is 4.98 Å². The number of aromatic nitrogens is 1. The molecule has 1 nitrogen and oxygen atoms in total. The number of fused-ring (bicyclic) bond motifs is 1. The van der Waals surface area contributed by atoms with Crippen molar-refractivity contribution in [3.8, 4) is 0 Å². The maximum atomic E-state index is 4.39. The largest absolute Gasteiger partial charge is 0.254 e. The van der Waals surface area contributed by atoms with Gasteiger partial charge in [-0.25, -0.2) is 0 Å². The Morgan fingerprint density at radius 2 is 1.79 bits per heavy atom. The molecule has 0 fully saturated rings. The third-order valence-electron chi connectivity index (χ3n) is 1.81. The van der Waals surface area contributed by atoms with E-state index in [4.69, 9.17) is 0 Å². The average Bonchev–Trinajstić information content (AvgIpc) is 2.16. The van der Waals surface area contributed by atoms with Crippen LogP contribution in [0.1, 0.15) is 0 Å². The number of benzene rings is 1. The van der Waals surface area contributed by atoms with Gasteiger partial charge < -0.3 is 0 Å². The molecule has 14 heavy (non-hydrogen) atoms. The summed E-state index contributed by atoms with van der Waals surface area (Å²) in [7, 11) is 0. The molecule has 0 aliphatic heterocycles. The first-order chi connectivity index (χ1) is 6.61. The van der Waals surface area contributed by atoms with E-state index in [-0.39, 0.29) is 0 Å². The highest BCUT2D eigenvalue weighted by molar-refractivity contribution is 14.1. The van der Waals surface area contributed by atoms with Gasteiger partial charge in [0.25, 0.3) is 0 Å². The van der Waals surface area contributed by atoms with E-state index in [1.54, 1.807) is 6.20 Å². The molecule has 0 N–H and O–H groups in total. The first-order valence-corrected chi connectivity index (χ1v) is 7.14. The Hall–Kier alpha value is 0.800. The lowest BCUT2D eigenvalue weighted by Gasteiger charge is -2.05. The minimum atomic E-state index is 0.965. The van der Waals surface area contributed by atoms with Crippen LogP contribution in [0.2, 0.25) is 0 Å². The summed E-state index contributed by atoms with van der Waals surface area (Å²) in [4.78, 5) is 4.39. The minimum absolute atomic E-state index is 0.965. The molecule has 2 aromatic rings. The van der Waals surface area contributed by atoms with Gasteiger partial charge in [-0.05, 0) is 66.6 Å². The van der Waals surface area contributed by atoms with Gasteiger partial charge in [0.1, 0.15) is 0 Å². The maximum Gasteiger partial charge on any atom is 0.0858 e. The van der Waals surface area contributed by atoms with E-state index in [0.717, 1.165) is 27.9 Å². The SMILES string of the molecule is Brc1cnc2c(I)ccc(Br)c2c1Br. The van der Waals surface area contributed by atoms with Crippen molar-refractivity contribution in [3.05, 3.63) is 35.3 Å². The van der Waals surface area contributed by atoms with Gasteiger partial charge in [0.05, 0.1) is 9.99 Å². The van der Waals surface area contributed by atoms with Crippen LogP contribution in [0.4, 0.5) is 0 Å². The zero-order chi connectivity index (χ0) is 10.3. The topological polar surface area (TPSA) is 12.9 Å². The van der Waals surface area contributed by atoms with Crippen molar-refractivity contribution in [3.63, 3.8) is 0 Å². The fourth-order valence-corrected chi connectivity index (χ4v) is 3.35. The van der Waals surface area contributed by atoms with Gasteiger partial charge in [-0.1, -0.05) is 15.9 Å². The van der Waals surface area contributed by atoms with Crippen LogP contribution in [-0.2, 0) is 0 Å². The molecular formula is C9H3Br3IN. The van der Waals surface area contributed by atoms with Crippen LogP contribution in [0.5, 0.6) is 0 Å². The number of hydrogen-bond donors (Lipinski definition) is 0. The van der Waals surface area contributed by atoms with Crippen LogP contribution < -0.4 is 0 Å². The molecule has 1 heterocycles. The maximum absolute atomic E-state index is 4.39. The van der Waals surface area contributed by atoms with Crippen molar-refractivity contribution in [2.75, 3.05) is 0 Å². The van der Waals surface area contributed by atoms with Gasteiger partial charge in [-0.15, -0.1) is 0 Å². The lowest BCUT2D eigenvalue weighted by molar-refractivity contribution is 1.36. The molecule has 0 saturated carbocycles. The van der Waals surface area contributed by atoms with Gasteiger partial charge in [0.15, 0.2) is 0 Å². The monoisotopic (exact) mass is 489 g/mol. The molecule has 0 aliphatic carbocycles. The second-order valence-electron chi connectivity index (χ2n) is 2.67. The normalized spacial score (nSPS) is 10.9. The average molecular weight is 492 g/mol. The molecule has 0 amide bonds. The number of hydrogen-bond acceptors (Lipinski definition) is 1. The van der Waals surface area contributed by atoms with E-state index >= 15 is 0 Å². The number of rotatable bonds is 0. The van der Waals surface area contributed by atoms with E-state index < -0.39 is 0 Å². The fourth-order valence-electron chi connectivity index (χ4n) is 1.17. The highest BCUT2D eigenvalue weighted by Crippen LogP contribution is 2.36. The summed E-state index contributed by atoms with van der Waals surface area (Å²) in [5, 5.41) is 1.10. The summed E-state index contributed by atoms with van der Waals surface area (Å²) >= 11 is 12.8. The number of nitrogens with zero attached hydrogens (tertiary/aromatic N) is 1.